The molecule has 2 heterocycles. The third-order valence-electron chi connectivity index (χ3n) is 5.36. The van der Waals surface area contributed by atoms with Crippen molar-refractivity contribution in [1.82, 2.24) is 20.1 Å². The normalized spacial score (nSPS) is 10.7. The number of carbonyl (C=O) groups excluding carboxylic acids is 1. The third-order valence-corrected chi connectivity index (χ3v) is 5.36. The first-order chi connectivity index (χ1) is 16.9. The van der Waals surface area contributed by atoms with Crippen LogP contribution in [-0.2, 0) is 13.1 Å². The predicted molar refractivity (Wildman–Crippen MR) is 127 cm³/mol. The topological polar surface area (TPSA) is 138 Å². The lowest BCUT2D eigenvalue weighted by atomic mass is 10.1. The van der Waals surface area contributed by atoms with Gasteiger partial charge in [0, 0.05) is 23.8 Å². The highest BCUT2D eigenvalue weighted by Crippen LogP contribution is 2.34. The zero-order valence-electron chi connectivity index (χ0n) is 18.9. The van der Waals surface area contributed by atoms with Crippen LogP contribution in [-0.4, -0.2) is 39.8 Å². The number of fused-ring (bicyclic) bond motifs is 1. The zero-order valence-corrected chi connectivity index (χ0v) is 18.9. The van der Waals surface area contributed by atoms with Crippen LogP contribution in [0, 0.1) is 10.1 Å². The second-order valence-electron chi connectivity index (χ2n) is 7.48. The number of aromatic nitrogens is 3. The van der Waals surface area contributed by atoms with Gasteiger partial charge in [0.05, 0.1) is 49.4 Å². The van der Waals surface area contributed by atoms with Gasteiger partial charge in [-0.2, -0.15) is 5.10 Å². The van der Waals surface area contributed by atoms with E-state index in [1.54, 1.807) is 42.7 Å². The Hall–Kier alpha value is -4.80. The van der Waals surface area contributed by atoms with Gasteiger partial charge in [0.25, 0.3) is 17.2 Å². The Kier molecular flexibility index (Phi) is 6.67. The highest BCUT2D eigenvalue weighted by atomic mass is 16.6. The molecule has 11 nitrogen and oxygen atoms in total. The Bertz CT molecular complexity index is 1470. The summed E-state index contributed by atoms with van der Waals surface area (Å²) in [6.07, 6.45) is 3.27. The number of hydrogen-bond donors (Lipinski definition) is 1. The Morgan fingerprint density at radius 3 is 2.46 bits per heavy atom. The summed E-state index contributed by atoms with van der Waals surface area (Å²) in [5, 5.41) is 19.7. The van der Waals surface area contributed by atoms with E-state index in [0.29, 0.717) is 16.5 Å². The van der Waals surface area contributed by atoms with Gasteiger partial charge < -0.3 is 14.8 Å². The summed E-state index contributed by atoms with van der Waals surface area (Å²) in [5.74, 6) is -0.392. The van der Waals surface area contributed by atoms with Gasteiger partial charge in [0.2, 0.25) is 0 Å². The number of nitro benzene ring substituents is 1. The van der Waals surface area contributed by atoms with Crippen LogP contribution in [0.25, 0.3) is 10.8 Å². The Morgan fingerprint density at radius 2 is 1.80 bits per heavy atom. The molecule has 2 aromatic heterocycles. The zero-order chi connectivity index (χ0) is 24.9. The van der Waals surface area contributed by atoms with Gasteiger partial charge in [0.1, 0.15) is 5.56 Å². The number of carbonyl (C=O) groups is 1. The van der Waals surface area contributed by atoms with Crippen LogP contribution < -0.4 is 20.3 Å². The molecular formula is C24H21N5O6. The molecule has 0 fully saturated rings. The third kappa shape index (κ3) is 4.78. The summed E-state index contributed by atoms with van der Waals surface area (Å²) in [6.45, 7) is 0.123. The van der Waals surface area contributed by atoms with Gasteiger partial charge in [-0.05, 0) is 17.7 Å². The molecule has 0 bridgehead atoms. The van der Waals surface area contributed by atoms with E-state index in [2.05, 4.69) is 15.4 Å². The highest BCUT2D eigenvalue weighted by molar-refractivity contribution is 5.99. The van der Waals surface area contributed by atoms with Gasteiger partial charge in [0.15, 0.2) is 11.5 Å². The van der Waals surface area contributed by atoms with Crippen molar-refractivity contribution in [3.8, 4) is 11.5 Å². The summed E-state index contributed by atoms with van der Waals surface area (Å²) in [6, 6.07) is 12.9. The molecule has 0 spiro atoms. The van der Waals surface area contributed by atoms with Gasteiger partial charge in [-0.25, -0.2) is 4.68 Å². The van der Waals surface area contributed by atoms with Gasteiger partial charge in [-0.3, -0.25) is 24.7 Å². The van der Waals surface area contributed by atoms with E-state index in [-0.39, 0.29) is 35.7 Å². The van der Waals surface area contributed by atoms with E-state index in [1.807, 2.05) is 6.07 Å². The number of pyridine rings is 1. The van der Waals surface area contributed by atoms with E-state index < -0.39 is 16.5 Å². The van der Waals surface area contributed by atoms with Crippen LogP contribution in [0.15, 0.2) is 65.7 Å². The summed E-state index contributed by atoms with van der Waals surface area (Å²) < 4.78 is 11.6. The Labute approximate surface area is 199 Å². The monoisotopic (exact) mass is 475 g/mol. The summed E-state index contributed by atoms with van der Waals surface area (Å²) in [7, 11) is 2.71. The molecule has 4 aromatic rings. The highest BCUT2D eigenvalue weighted by Gasteiger charge is 2.25. The molecule has 0 aliphatic rings. The molecule has 2 aromatic carbocycles. The fourth-order valence-corrected chi connectivity index (χ4v) is 3.67. The molecule has 0 aliphatic heterocycles. The van der Waals surface area contributed by atoms with Crippen molar-refractivity contribution < 1.29 is 19.2 Å². The van der Waals surface area contributed by atoms with Crippen LogP contribution in [0.2, 0.25) is 0 Å². The van der Waals surface area contributed by atoms with E-state index in [0.717, 1.165) is 11.6 Å². The van der Waals surface area contributed by atoms with Gasteiger partial charge in [-0.1, -0.05) is 24.3 Å². The van der Waals surface area contributed by atoms with Crippen LogP contribution >= 0.6 is 0 Å². The van der Waals surface area contributed by atoms with Crippen LogP contribution in [0.3, 0.4) is 0 Å². The summed E-state index contributed by atoms with van der Waals surface area (Å²) >= 11 is 0. The van der Waals surface area contributed by atoms with Gasteiger partial charge >= 0.3 is 0 Å². The molecule has 0 aliphatic carbocycles. The molecule has 0 unspecified atom stereocenters. The molecule has 1 N–H and O–H groups in total. The largest absolute Gasteiger partial charge is 0.493 e. The number of nitro groups is 1. The molecule has 11 heteroatoms. The van der Waals surface area contributed by atoms with Crippen molar-refractivity contribution >= 4 is 22.4 Å². The van der Waals surface area contributed by atoms with Crippen molar-refractivity contribution in [3.63, 3.8) is 0 Å². The maximum absolute atomic E-state index is 13.0. The smallest absolute Gasteiger partial charge is 0.286 e. The second-order valence-corrected chi connectivity index (χ2v) is 7.48. The minimum atomic E-state index is -0.700. The number of methoxy groups -OCH3 is 2. The van der Waals surface area contributed by atoms with Crippen LogP contribution in [0.4, 0.5) is 5.69 Å². The van der Waals surface area contributed by atoms with Crippen molar-refractivity contribution in [1.29, 1.82) is 0 Å². The maximum atomic E-state index is 13.0. The average Bonchev–Trinajstić information content (AvgIpc) is 2.89. The maximum Gasteiger partial charge on any atom is 0.286 e. The summed E-state index contributed by atoms with van der Waals surface area (Å²) in [5.41, 5.74) is 0.309. The minimum Gasteiger partial charge on any atom is -0.493 e. The van der Waals surface area contributed by atoms with Gasteiger partial charge in [-0.15, -0.1) is 0 Å². The number of nitrogens with zero attached hydrogens (tertiary/aromatic N) is 4. The van der Waals surface area contributed by atoms with Crippen molar-refractivity contribution in [2.45, 2.75) is 13.1 Å². The Balaban J connectivity index is 1.69. The molecular weight excluding hydrogens is 454 g/mol. The van der Waals surface area contributed by atoms with E-state index in [1.165, 1.54) is 25.0 Å². The van der Waals surface area contributed by atoms with Crippen molar-refractivity contribution in [3.05, 3.63) is 98.2 Å². The predicted octanol–water partition coefficient (Wildman–Crippen LogP) is 2.70. The molecule has 0 atom stereocenters. The fourth-order valence-electron chi connectivity index (χ4n) is 3.67. The molecule has 0 saturated carbocycles. The first-order valence-electron chi connectivity index (χ1n) is 10.5. The van der Waals surface area contributed by atoms with Crippen LogP contribution in [0.1, 0.15) is 21.6 Å². The fraction of sp³-hybridized carbons (Fsp3) is 0.167. The lowest BCUT2D eigenvalue weighted by molar-refractivity contribution is -0.385. The van der Waals surface area contributed by atoms with Crippen molar-refractivity contribution in [2.75, 3.05) is 14.2 Å². The first kappa shape index (κ1) is 23.4. The van der Waals surface area contributed by atoms with E-state index in [4.69, 9.17) is 9.47 Å². The van der Waals surface area contributed by atoms with E-state index >= 15 is 0 Å². The molecule has 35 heavy (non-hydrogen) atoms. The number of hydrogen-bond acceptors (Lipinski definition) is 8. The molecule has 1 amide bonds. The standard InChI is InChI=1S/C24H21N5O6/c1-34-21-10-18(20(29(32)33)11-22(21)35-2)23(30)26-13-19-16-7-3-4-8-17(16)24(31)28(27-19)14-15-6-5-9-25-12-15/h3-12H,13-14H2,1-2H3,(H,26,30). The minimum absolute atomic E-state index is 0.0713. The van der Waals surface area contributed by atoms with E-state index in [9.17, 15) is 19.7 Å². The molecule has 178 valence electrons. The summed E-state index contributed by atoms with van der Waals surface area (Å²) in [4.78, 5) is 40.9. The molecule has 0 saturated heterocycles. The SMILES string of the molecule is COc1cc(C(=O)NCc2nn(Cc3cccnc3)c(=O)c3ccccc23)c([N+](=O)[O-])cc1OC. The number of benzene rings is 2. The van der Waals surface area contributed by atoms with Crippen molar-refractivity contribution in [2.24, 2.45) is 0 Å². The number of rotatable bonds is 8. The number of ether oxygens (including phenoxy) is 2. The lowest BCUT2D eigenvalue weighted by Gasteiger charge is -2.13. The molecule has 0 radical (unpaired) electrons. The molecule has 4 rings (SSSR count). The number of nitrogens with one attached hydrogen (secondary N) is 1. The first-order valence-corrected chi connectivity index (χ1v) is 10.5. The average molecular weight is 475 g/mol. The lowest BCUT2D eigenvalue weighted by Crippen LogP contribution is -2.29. The second kappa shape index (κ2) is 10.00. The van der Waals surface area contributed by atoms with Crippen LogP contribution in [0.5, 0.6) is 11.5 Å². The number of amides is 1. The Morgan fingerprint density at radius 1 is 1.09 bits per heavy atom. The quantitative estimate of drug-likeness (QED) is 0.303.